The van der Waals surface area contributed by atoms with Gasteiger partial charge in [0.05, 0.1) is 6.04 Å². The highest BCUT2D eigenvalue weighted by atomic mass is 15.0. The van der Waals surface area contributed by atoms with Crippen LogP contribution in [-0.2, 0) is 0 Å². The van der Waals surface area contributed by atoms with Gasteiger partial charge in [-0.05, 0) is 5.41 Å². The van der Waals surface area contributed by atoms with Crippen LogP contribution in [0.4, 0.5) is 0 Å². The standard InChI is InChI=1S/C11H20N2/c1-10(2,3)8-7-12-9(13-8)11(4,5)6/h7-8H,1-6H3. The monoisotopic (exact) mass is 180 g/mol. The number of hydrogen-bond acceptors (Lipinski definition) is 2. The van der Waals surface area contributed by atoms with Crippen LogP contribution in [0.2, 0.25) is 0 Å². The quantitative estimate of drug-likeness (QED) is 0.547. The number of nitrogens with zero attached hydrogens (tertiary/aromatic N) is 2. The fourth-order valence-electron chi connectivity index (χ4n) is 1.14. The molecule has 0 aliphatic carbocycles. The molecule has 13 heavy (non-hydrogen) atoms. The maximum Gasteiger partial charge on any atom is 0.128 e. The van der Waals surface area contributed by atoms with E-state index in [2.05, 4.69) is 51.5 Å². The van der Waals surface area contributed by atoms with Crippen LogP contribution < -0.4 is 0 Å². The first kappa shape index (κ1) is 10.4. The molecule has 0 aromatic carbocycles. The second-order valence-corrected chi connectivity index (χ2v) is 5.79. The largest absolute Gasteiger partial charge is 0.260 e. The fourth-order valence-corrected chi connectivity index (χ4v) is 1.14. The maximum absolute atomic E-state index is 4.62. The summed E-state index contributed by atoms with van der Waals surface area (Å²) in [5.41, 5.74) is 0.271. The lowest BCUT2D eigenvalue weighted by Gasteiger charge is -2.22. The Kier molecular flexibility index (Phi) is 2.35. The molecule has 0 aromatic heterocycles. The van der Waals surface area contributed by atoms with Gasteiger partial charge in [0, 0.05) is 11.6 Å². The fraction of sp³-hybridized carbons (Fsp3) is 0.818. The molecular weight excluding hydrogens is 160 g/mol. The molecule has 74 valence electrons. The summed E-state index contributed by atoms with van der Waals surface area (Å²) in [6.45, 7) is 13.0. The zero-order valence-corrected chi connectivity index (χ0v) is 9.55. The summed E-state index contributed by atoms with van der Waals surface area (Å²) in [6, 6.07) is 0.252. The Bertz CT molecular complexity index is 248. The Hall–Kier alpha value is -0.660. The maximum atomic E-state index is 4.62. The Morgan fingerprint density at radius 1 is 1.08 bits per heavy atom. The molecule has 0 spiro atoms. The van der Waals surface area contributed by atoms with Crippen LogP contribution in [0.15, 0.2) is 9.98 Å². The lowest BCUT2D eigenvalue weighted by Crippen LogP contribution is -2.25. The van der Waals surface area contributed by atoms with Crippen molar-refractivity contribution in [1.29, 1.82) is 0 Å². The van der Waals surface area contributed by atoms with E-state index in [1.54, 1.807) is 0 Å². The van der Waals surface area contributed by atoms with Gasteiger partial charge in [-0.1, -0.05) is 41.5 Å². The van der Waals surface area contributed by atoms with Gasteiger partial charge in [0.25, 0.3) is 0 Å². The highest BCUT2D eigenvalue weighted by Crippen LogP contribution is 2.28. The van der Waals surface area contributed by atoms with Crippen molar-refractivity contribution in [2.24, 2.45) is 20.8 Å². The summed E-state index contributed by atoms with van der Waals surface area (Å²) in [7, 11) is 0. The molecule has 1 heterocycles. The van der Waals surface area contributed by atoms with Crippen molar-refractivity contribution in [2.75, 3.05) is 0 Å². The molecule has 1 rings (SSSR count). The van der Waals surface area contributed by atoms with E-state index in [9.17, 15) is 0 Å². The normalized spacial score (nSPS) is 23.5. The highest BCUT2D eigenvalue weighted by Gasteiger charge is 2.29. The first-order valence-electron chi connectivity index (χ1n) is 4.84. The average molecular weight is 180 g/mol. The molecule has 1 atom stereocenters. The van der Waals surface area contributed by atoms with Crippen molar-refractivity contribution in [2.45, 2.75) is 47.6 Å². The smallest absolute Gasteiger partial charge is 0.128 e. The van der Waals surface area contributed by atoms with E-state index in [1.807, 2.05) is 6.21 Å². The van der Waals surface area contributed by atoms with Crippen LogP contribution in [0.3, 0.4) is 0 Å². The van der Waals surface area contributed by atoms with Crippen LogP contribution in [0, 0.1) is 10.8 Å². The van der Waals surface area contributed by atoms with Gasteiger partial charge in [-0.15, -0.1) is 0 Å². The summed E-state index contributed by atoms with van der Waals surface area (Å²) in [5.74, 6) is 0.979. The first-order chi connectivity index (χ1) is 5.71. The molecular formula is C11H20N2. The van der Waals surface area contributed by atoms with Crippen LogP contribution in [0.1, 0.15) is 41.5 Å². The number of hydrogen-bond donors (Lipinski definition) is 0. The third kappa shape index (κ3) is 2.39. The van der Waals surface area contributed by atoms with Gasteiger partial charge >= 0.3 is 0 Å². The molecule has 1 unspecified atom stereocenters. The number of rotatable bonds is 0. The van der Waals surface area contributed by atoms with E-state index in [0.29, 0.717) is 0 Å². The lowest BCUT2D eigenvalue weighted by molar-refractivity contribution is 0.389. The molecule has 1 aliphatic rings. The van der Waals surface area contributed by atoms with Crippen LogP contribution in [-0.4, -0.2) is 18.1 Å². The molecule has 0 radical (unpaired) electrons. The highest BCUT2D eigenvalue weighted by molar-refractivity contribution is 5.99. The van der Waals surface area contributed by atoms with E-state index in [-0.39, 0.29) is 16.9 Å². The summed E-state index contributed by atoms with van der Waals surface area (Å²) in [4.78, 5) is 9.00. The van der Waals surface area contributed by atoms with E-state index >= 15 is 0 Å². The minimum Gasteiger partial charge on any atom is -0.260 e. The van der Waals surface area contributed by atoms with E-state index in [1.165, 1.54) is 0 Å². The van der Waals surface area contributed by atoms with Crippen LogP contribution in [0.5, 0.6) is 0 Å². The van der Waals surface area contributed by atoms with Crippen molar-refractivity contribution >= 4 is 12.1 Å². The van der Waals surface area contributed by atoms with Crippen molar-refractivity contribution in [3.8, 4) is 0 Å². The van der Waals surface area contributed by atoms with Gasteiger partial charge in [0.2, 0.25) is 0 Å². The zero-order valence-electron chi connectivity index (χ0n) is 9.55. The van der Waals surface area contributed by atoms with Crippen LogP contribution in [0.25, 0.3) is 0 Å². The molecule has 2 heteroatoms. The van der Waals surface area contributed by atoms with Gasteiger partial charge in [-0.3, -0.25) is 4.99 Å². The second-order valence-electron chi connectivity index (χ2n) is 5.79. The number of aliphatic imine (C=N–C) groups is 2. The third-order valence-electron chi connectivity index (χ3n) is 2.16. The molecule has 0 aromatic rings. The van der Waals surface area contributed by atoms with E-state index in [4.69, 9.17) is 0 Å². The molecule has 0 bridgehead atoms. The summed E-state index contributed by atoms with van der Waals surface area (Å²) in [5, 5.41) is 0. The second kappa shape index (κ2) is 2.93. The van der Waals surface area contributed by atoms with E-state index in [0.717, 1.165) is 5.84 Å². The summed E-state index contributed by atoms with van der Waals surface area (Å²) in [6.07, 6.45) is 1.97. The van der Waals surface area contributed by atoms with Gasteiger partial charge in [-0.2, -0.15) is 0 Å². The zero-order chi connectivity index (χ0) is 10.3. The molecule has 2 nitrogen and oxygen atoms in total. The molecule has 0 N–H and O–H groups in total. The van der Waals surface area contributed by atoms with Gasteiger partial charge in [0.1, 0.15) is 5.84 Å². The molecule has 0 saturated carbocycles. The minimum absolute atomic E-state index is 0.0799. The van der Waals surface area contributed by atoms with Gasteiger partial charge < -0.3 is 0 Å². The SMILES string of the molecule is CC(C)(C)C1=NC(C(C)(C)C)C=N1. The molecule has 0 fully saturated rings. The Morgan fingerprint density at radius 3 is 1.85 bits per heavy atom. The third-order valence-corrected chi connectivity index (χ3v) is 2.16. The number of amidine groups is 1. The first-order valence-corrected chi connectivity index (χ1v) is 4.84. The summed E-state index contributed by atoms with van der Waals surface area (Å²) < 4.78 is 0. The van der Waals surface area contributed by atoms with Crippen molar-refractivity contribution in [3.05, 3.63) is 0 Å². The predicted molar refractivity (Wildman–Crippen MR) is 58.6 cm³/mol. The Balaban J connectivity index is 2.84. The van der Waals surface area contributed by atoms with Crippen LogP contribution >= 0.6 is 0 Å². The molecule has 0 amide bonds. The Morgan fingerprint density at radius 2 is 1.62 bits per heavy atom. The average Bonchev–Trinajstić information content (AvgIpc) is 2.28. The van der Waals surface area contributed by atoms with Crippen molar-refractivity contribution in [1.82, 2.24) is 0 Å². The molecule has 0 saturated heterocycles. The lowest BCUT2D eigenvalue weighted by atomic mass is 9.88. The predicted octanol–water partition coefficient (Wildman–Crippen LogP) is 2.93. The van der Waals surface area contributed by atoms with Gasteiger partial charge in [0.15, 0.2) is 0 Å². The Labute approximate surface area is 81.2 Å². The topological polar surface area (TPSA) is 24.7 Å². The van der Waals surface area contributed by atoms with Crippen molar-refractivity contribution in [3.63, 3.8) is 0 Å². The van der Waals surface area contributed by atoms with Crippen molar-refractivity contribution < 1.29 is 0 Å². The summed E-state index contributed by atoms with van der Waals surface area (Å²) >= 11 is 0. The van der Waals surface area contributed by atoms with E-state index < -0.39 is 0 Å². The van der Waals surface area contributed by atoms with Gasteiger partial charge in [-0.25, -0.2) is 4.99 Å². The molecule has 1 aliphatic heterocycles. The minimum atomic E-state index is 0.0799.